The number of unbranched alkanes of at least 4 members (excludes halogenated alkanes) is 11. The number of hydrogen-bond acceptors (Lipinski definition) is 4. The summed E-state index contributed by atoms with van der Waals surface area (Å²) in [6.45, 7) is 4.62. The van der Waals surface area contributed by atoms with Gasteiger partial charge in [0, 0.05) is 6.42 Å². The normalized spacial score (nSPS) is 14.1. The number of hydrogen-bond donors (Lipinski definition) is 2. The first-order valence-corrected chi connectivity index (χ1v) is 13.6. The largest absolute Gasteiger partial charge is 0.461 e. The molecule has 0 saturated heterocycles. The fraction of sp³-hybridized carbons (Fsp3) is 0.759. The number of aliphatic hydroxyl groups is 2. The van der Waals surface area contributed by atoms with E-state index in [-0.39, 0.29) is 19.0 Å². The fourth-order valence-corrected chi connectivity index (χ4v) is 4.35. The minimum Gasteiger partial charge on any atom is -0.461 e. The summed E-state index contributed by atoms with van der Waals surface area (Å²) in [6.07, 6.45) is 15.5. The quantitative estimate of drug-likeness (QED) is 0.148. The standard InChI is InChI=1S/C29H50O4/c1-3-5-7-9-10-11-12-13-17-21-26(30)23-28(31)27(22-18-8-6-4-2)29(32)33-24-25-19-15-14-16-20-25/h14-16,19-20,26-28,30-31H,3-13,17-18,21-24H2,1-2H3/t26-,27-,28-/m0/s1. The van der Waals surface area contributed by atoms with Crippen LogP contribution in [0.4, 0.5) is 0 Å². The van der Waals surface area contributed by atoms with Gasteiger partial charge in [-0.1, -0.05) is 128 Å². The molecule has 1 rings (SSSR count). The van der Waals surface area contributed by atoms with Crippen LogP contribution in [0.15, 0.2) is 30.3 Å². The Morgan fingerprint density at radius 3 is 1.88 bits per heavy atom. The van der Waals surface area contributed by atoms with Crippen LogP contribution in [0.3, 0.4) is 0 Å². The van der Waals surface area contributed by atoms with E-state index in [9.17, 15) is 15.0 Å². The monoisotopic (exact) mass is 462 g/mol. The lowest BCUT2D eigenvalue weighted by Gasteiger charge is -2.24. The third-order valence-electron chi connectivity index (χ3n) is 6.51. The van der Waals surface area contributed by atoms with Crippen molar-refractivity contribution in [3.05, 3.63) is 35.9 Å². The minimum atomic E-state index is -0.858. The van der Waals surface area contributed by atoms with Gasteiger partial charge in [0.2, 0.25) is 0 Å². The summed E-state index contributed by atoms with van der Waals surface area (Å²) in [4.78, 5) is 12.8. The molecule has 4 nitrogen and oxygen atoms in total. The van der Waals surface area contributed by atoms with Gasteiger partial charge in [-0.2, -0.15) is 0 Å². The predicted molar refractivity (Wildman–Crippen MR) is 137 cm³/mol. The molecule has 0 spiro atoms. The molecule has 0 bridgehead atoms. The number of rotatable bonds is 21. The third-order valence-corrected chi connectivity index (χ3v) is 6.51. The first-order valence-electron chi connectivity index (χ1n) is 13.6. The first-order chi connectivity index (χ1) is 16.1. The second kappa shape index (κ2) is 20.0. The highest BCUT2D eigenvalue weighted by Crippen LogP contribution is 2.22. The maximum absolute atomic E-state index is 12.8. The summed E-state index contributed by atoms with van der Waals surface area (Å²) in [5.74, 6) is -0.915. The second-order valence-corrected chi connectivity index (χ2v) is 9.62. The Labute approximate surface area is 203 Å². The van der Waals surface area contributed by atoms with Crippen LogP contribution in [-0.2, 0) is 16.1 Å². The Kier molecular flexibility index (Phi) is 18.0. The molecule has 2 N–H and O–H groups in total. The van der Waals surface area contributed by atoms with Crippen LogP contribution >= 0.6 is 0 Å². The van der Waals surface area contributed by atoms with Crippen molar-refractivity contribution in [1.82, 2.24) is 0 Å². The molecule has 0 amide bonds. The Balaban J connectivity index is 2.36. The highest BCUT2D eigenvalue weighted by molar-refractivity contribution is 5.73. The molecule has 0 aromatic heterocycles. The minimum absolute atomic E-state index is 0.221. The van der Waals surface area contributed by atoms with Gasteiger partial charge in [-0.15, -0.1) is 0 Å². The van der Waals surface area contributed by atoms with Gasteiger partial charge in [-0.25, -0.2) is 0 Å². The van der Waals surface area contributed by atoms with Crippen LogP contribution in [0.5, 0.6) is 0 Å². The summed E-state index contributed by atoms with van der Waals surface area (Å²) < 4.78 is 5.53. The predicted octanol–water partition coefficient (Wildman–Crippen LogP) is 7.35. The Bertz CT molecular complexity index is 574. The molecule has 3 atom stereocenters. The van der Waals surface area contributed by atoms with E-state index in [0.29, 0.717) is 12.8 Å². The molecule has 0 fully saturated rings. The van der Waals surface area contributed by atoms with Crippen molar-refractivity contribution in [2.45, 2.75) is 135 Å². The summed E-state index contributed by atoms with van der Waals surface area (Å²) >= 11 is 0. The maximum Gasteiger partial charge on any atom is 0.311 e. The average molecular weight is 463 g/mol. The molecule has 0 heterocycles. The van der Waals surface area contributed by atoms with Crippen LogP contribution < -0.4 is 0 Å². The topological polar surface area (TPSA) is 66.8 Å². The summed E-state index contributed by atoms with van der Waals surface area (Å²) in [5, 5.41) is 21.2. The molecule has 33 heavy (non-hydrogen) atoms. The van der Waals surface area contributed by atoms with Gasteiger partial charge in [0.1, 0.15) is 6.61 Å². The second-order valence-electron chi connectivity index (χ2n) is 9.62. The van der Waals surface area contributed by atoms with Crippen molar-refractivity contribution in [3.63, 3.8) is 0 Å². The van der Waals surface area contributed by atoms with E-state index < -0.39 is 18.1 Å². The lowest BCUT2D eigenvalue weighted by molar-refractivity contribution is -0.155. The van der Waals surface area contributed by atoms with Crippen molar-refractivity contribution in [3.8, 4) is 0 Å². The number of esters is 1. The SMILES string of the molecule is CCCCCCCCCCC[C@H](O)C[C@H](O)[C@H](CCCCCC)C(=O)OCc1ccccc1. The van der Waals surface area contributed by atoms with Gasteiger partial charge < -0.3 is 14.9 Å². The fourth-order valence-electron chi connectivity index (χ4n) is 4.35. The zero-order valence-electron chi connectivity index (χ0n) is 21.4. The summed E-state index contributed by atoms with van der Waals surface area (Å²) in [6, 6.07) is 9.62. The lowest BCUT2D eigenvalue weighted by Crippen LogP contribution is -2.33. The van der Waals surface area contributed by atoms with Crippen molar-refractivity contribution in [2.24, 2.45) is 5.92 Å². The highest BCUT2D eigenvalue weighted by atomic mass is 16.5. The van der Waals surface area contributed by atoms with E-state index in [1.807, 2.05) is 30.3 Å². The van der Waals surface area contributed by atoms with Gasteiger partial charge >= 0.3 is 5.97 Å². The number of carbonyl (C=O) groups excluding carboxylic acids is 1. The van der Waals surface area contributed by atoms with E-state index in [4.69, 9.17) is 4.74 Å². The highest BCUT2D eigenvalue weighted by Gasteiger charge is 2.29. The van der Waals surface area contributed by atoms with Crippen LogP contribution in [0.25, 0.3) is 0 Å². The van der Waals surface area contributed by atoms with Crippen molar-refractivity contribution in [1.29, 1.82) is 0 Å². The Morgan fingerprint density at radius 1 is 0.758 bits per heavy atom. The molecule has 0 aliphatic rings. The van der Waals surface area contributed by atoms with Gasteiger partial charge in [0.25, 0.3) is 0 Å². The molecule has 190 valence electrons. The van der Waals surface area contributed by atoms with Crippen LogP contribution in [-0.4, -0.2) is 28.4 Å². The molecule has 1 aromatic rings. The van der Waals surface area contributed by atoms with Gasteiger partial charge in [-0.3, -0.25) is 4.79 Å². The number of benzene rings is 1. The number of ether oxygens (including phenoxy) is 1. The molecule has 0 radical (unpaired) electrons. The van der Waals surface area contributed by atoms with E-state index in [2.05, 4.69) is 13.8 Å². The zero-order valence-corrected chi connectivity index (χ0v) is 21.4. The molecule has 4 heteroatoms. The summed E-state index contributed by atoms with van der Waals surface area (Å²) in [7, 11) is 0. The molecule has 1 aromatic carbocycles. The van der Waals surface area contributed by atoms with Crippen LogP contribution in [0.1, 0.15) is 122 Å². The molecule has 0 unspecified atom stereocenters. The van der Waals surface area contributed by atoms with Crippen molar-refractivity contribution >= 4 is 5.97 Å². The van der Waals surface area contributed by atoms with E-state index >= 15 is 0 Å². The van der Waals surface area contributed by atoms with E-state index in [1.165, 1.54) is 44.9 Å². The zero-order chi connectivity index (χ0) is 24.2. The van der Waals surface area contributed by atoms with Crippen molar-refractivity contribution in [2.75, 3.05) is 0 Å². The number of aliphatic hydroxyl groups excluding tert-OH is 2. The Hall–Kier alpha value is -1.39. The smallest absolute Gasteiger partial charge is 0.311 e. The first kappa shape index (κ1) is 29.6. The van der Waals surface area contributed by atoms with Crippen LogP contribution in [0.2, 0.25) is 0 Å². The number of carbonyl (C=O) groups is 1. The van der Waals surface area contributed by atoms with Crippen LogP contribution in [0, 0.1) is 5.92 Å². The lowest BCUT2D eigenvalue weighted by atomic mass is 9.90. The van der Waals surface area contributed by atoms with Crippen molar-refractivity contribution < 1.29 is 19.7 Å². The third kappa shape index (κ3) is 15.2. The summed E-state index contributed by atoms with van der Waals surface area (Å²) in [5.41, 5.74) is 0.940. The Morgan fingerprint density at radius 2 is 1.27 bits per heavy atom. The molecular formula is C29H50O4. The van der Waals surface area contributed by atoms with E-state index in [0.717, 1.165) is 44.1 Å². The van der Waals surface area contributed by atoms with E-state index in [1.54, 1.807) is 0 Å². The van der Waals surface area contributed by atoms with Gasteiger partial charge in [0.05, 0.1) is 18.1 Å². The molecular weight excluding hydrogens is 412 g/mol. The molecule has 0 saturated carbocycles. The molecule has 0 aliphatic carbocycles. The molecule has 0 aliphatic heterocycles. The van der Waals surface area contributed by atoms with Gasteiger partial charge in [-0.05, 0) is 18.4 Å². The average Bonchev–Trinajstić information content (AvgIpc) is 2.82. The maximum atomic E-state index is 12.8. The van der Waals surface area contributed by atoms with Gasteiger partial charge in [0.15, 0.2) is 0 Å².